The van der Waals surface area contributed by atoms with Crippen LogP contribution in [0, 0.1) is 0 Å². The first-order valence-corrected chi connectivity index (χ1v) is 15.2. The van der Waals surface area contributed by atoms with E-state index in [2.05, 4.69) is 27.3 Å². The monoisotopic (exact) mass is 596 g/mol. The minimum Gasteiger partial charge on any atom is -0.496 e. The molecule has 3 amide bonds. The average molecular weight is 597 g/mol. The second-order valence-electron chi connectivity index (χ2n) is 10.4. The van der Waals surface area contributed by atoms with Crippen molar-refractivity contribution in [3.63, 3.8) is 0 Å². The fourth-order valence-electron chi connectivity index (χ4n) is 5.46. The molecule has 3 aromatic carbocycles. The number of amidine groups is 2. The molecule has 0 radical (unpaired) electrons. The van der Waals surface area contributed by atoms with Crippen molar-refractivity contribution in [1.29, 1.82) is 0 Å². The maximum Gasteiger partial charge on any atom is 0.271 e. The van der Waals surface area contributed by atoms with Gasteiger partial charge in [-0.3, -0.25) is 19.3 Å². The molecule has 3 aromatic rings. The second kappa shape index (κ2) is 12.7. The fraction of sp³-hybridized carbons (Fsp3) is 0.281. The van der Waals surface area contributed by atoms with Gasteiger partial charge in [-0.15, -0.1) is 0 Å². The first kappa shape index (κ1) is 28.5. The first-order chi connectivity index (χ1) is 21.0. The topological polar surface area (TPSA) is 107 Å². The van der Waals surface area contributed by atoms with Gasteiger partial charge >= 0.3 is 0 Å². The summed E-state index contributed by atoms with van der Waals surface area (Å²) in [5.41, 5.74) is 3.39. The molecule has 1 fully saturated rings. The van der Waals surface area contributed by atoms with Gasteiger partial charge < -0.3 is 19.9 Å². The Hall–Kier alpha value is -4.64. The lowest BCUT2D eigenvalue weighted by atomic mass is 10.1. The number of aliphatic imine (C=N–C) groups is 2. The molecule has 0 aromatic heterocycles. The number of anilines is 1. The molecule has 11 heteroatoms. The van der Waals surface area contributed by atoms with Gasteiger partial charge in [-0.2, -0.15) is 4.99 Å². The number of rotatable bonds is 8. The van der Waals surface area contributed by atoms with E-state index in [1.54, 1.807) is 12.0 Å². The van der Waals surface area contributed by atoms with Crippen molar-refractivity contribution in [3.8, 4) is 5.75 Å². The van der Waals surface area contributed by atoms with E-state index in [9.17, 15) is 14.4 Å². The molecule has 43 heavy (non-hydrogen) atoms. The Morgan fingerprint density at radius 3 is 2.44 bits per heavy atom. The van der Waals surface area contributed by atoms with Crippen molar-refractivity contribution >= 4 is 51.9 Å². The van der Waals surface area contributed by atoms with Crippen LogP contribution in [-0.2, 0) is 20.9 Å². The fourth-order valence-corrected chi connectivity index (χ4v) is 6.41. The largest absolute Gasteiger partial charge is 0.496 e. The summed E-state index contributed by atoms with van der Waals surface area (Å²) in [5.74, 6) is 0.609. The van der Waals surface area contributed by atoms with E-state index in [-0.39, 0.29) is 30.5 Å². The Bertz CT molecular complexity index is 1590. The molecule has 3 aliphatic heterocycles. The molecule has 3 aliphatic rings. The summed E-state index contributed by atoms with van der Waals surface area (Å²) < 4.78 is 5.38. The van der Waals surface area contributed by atoms with Crippen LogP contribution in [0.1, 0.15) is 17.5 Å². The van der Waals surface area contributed by atoms with Crippen LogP contribution in [0.4, 0.5) is 11.4 Å². The van der Waals surface area contributed by atoms with Crippen LogP contribution in [0.5, 0.6) is 5.75 Å². The third-order valence-electron chi connectivity index (χ3n) is 7.73. The second-order valence-corrected chi connectivity index (χ2v) is 11.3. The lowest BCUT2D eigenvalue weighted by Gasteiger charge is -2.36. The van der Waals surface area contributed by atoms with Gasteiger partial charge in [0.15, 0.2) is 5.17 Å². The highest BCUT2D eigenvalue weighted by atomic mass is 32.2. The number of amides is 3. The molecule has 10 nitrogen and oxygen atoms in total. The van der Waals surface area contributed by atoms with Gasteiger partial charge in [0.2, 0.25) is 11.8 Å². The van der Waals surface area contributed by atoms with E-state index in [1.165, 1.54) is 11.8 Å². The molecule has 220 valence electrons. The summed E-state index contributed by atoms with van der Waals surface area (Å²) in [7, 11) is 1.58. The molecule has 0 spiro atoms. The molecule has 1 atom stereocenters. The normalized spacial score (nSPS) is 17.6. The molecule has 1 unspecified atom stereocenters. The Kier molecular flexibility index (Phi) is 8.41. The molecule has 0 saturated carbocycles. The Morgan fingerprint density at radius 2 is 1.65 bits per heavy atom. The van der Waals surface area contributed by atoms with E-state index in [1.807, 2.05) is 71.6 Å². The lowest BCUT2D eigenvalue weighted by Crippen LogP contribution is -2.50. The van der Waals surface area contributed by atoms with Crippen molar-refractivity contribution in [1.82, 2.24) is 15.1 Å². The SMILES string of the molecule is COc1ccccc1CNC(=O)CC1C(=O)N=C2c3ccccc3N=C(SCC(=O)N3CCN(c4ccccc4)CC3)N21. The van der Waals surface area contributed by atoms with Gasteiger partial charge in [0.05, 0.1) is 25.0 Å². The summed E-state index contributed by atoms with van der Waals surface area (Å²) in [4.78, 5) is 54.5. The summed E-state index contributed by atoms with van der Waals surface area (Å²) in [6.45, 7) is 3.06. The number of para-hydroxylation sites is 3. The molecule has 1 N–H and O–H groups in total. The number of nitrogens with zero attached hydrogens (tertiary/aromatic N) is 5. The summed E-state index contributed by atoms with van der Waals surface area (Å²) in [6, 6.07) is 24.3. The number of hydrogen-bond donors (Lipinski definition) is 1. The Balaban J connectivity index is 1.12. The molecule has 0 bridgehead atoms. The van der Waals surface area contributed by atoms with Gasteiger partial charge in [-0.05, 0) is 30.3 Å². The number of benzene rings is 3. The highest BCUT2D eigenvalue weighted by Crippen LogP contribution is 2.35. The number of carbonyl (C=O) groups is 3. The molecule has 0 aliphatic carbocycles. The van der Waals surface area contributed by atoms with Crippen LogP contribution >= 0.6 is 11.8 Å². The van der Waals surface area contributed by atoms with E-state index in [0.29, 0.717) is 35.5 Å². The van der Waals surface area contributed by atoms with Crippen molar-refractivity contribution < 1.29 is 19.1 Å². The van der Waals surface area contributed by atoms with E-state index < -0.39 is 11.9 Å². The standard InChI is InChI=1S/C32H32N6O4S/c1-42-27-14-8-5-9-22(27)20-33-28(39)19-26-31(41)35-30-24-12-6-7-13-25(24)34-32(38(26)30)43-21-29(40)37-17-15-36(16-18-37)23-10-3-2-4-11-23/h2-14,26H,15-21H2,1H3,(H,33,39). The van der Waals surface area contributed by atoms with Crippen LogP contribution in [0.15, 0.2) is 88.8 Å². The van der Waals surface area contributed by atoms with Crippen LogP contribution in [0.25, 0.3) is 0 Å². The summed E-state index contributed by atoms with van der Waals surface area (Å²) in [6.07, 6.45) is -0.0991. The smallest absolute Gasteiger partial charge is 0.271 e. The third-order valence-corrected chi connectivity index (χ3v) is 8.67. The molecular formula is C32H32N6O4S. The third kappa shape index (κ3) is 6.12. The molecule has 1 saturated heterocycles. The number of methoxy groups -OCH3 is 1. The Labute approximate surface area is 254 Å². The maximum absolute atomic E-state index is 13.3. The molecule has 3 heterocycles. The van der Waals surface area contributed by atoms with Crippen LogP contribution in [-0.4, -0.2) is 83.6 Å². The van der Waals surface area contributed by atoms with Gasteiger partial charge in [-0.1, -0.05) is 60.3 Å². The number of thioether (sulfide) groups is 1. The van der Waals surface area contributed by atoms with Gasteiger partial charge in [-0.25, -0.2) is 4.99 Å². The Morgan fingerprint density at radius 1 is 0.930 bits per heavy atom. The minimum absolute atomic E-state index is 0.00869. The predicted octanol–water partition coefficient (Wildman–Crippen LogP) is 3.44. The zero-order valence-corrected chi connectivity index (χ0v) is 24.6. The first-order valence-electron chi connectivity index (χ1n) is 14.2. The number of carbonyl (C=O) groups excluding carboxylic acids is 3. The van der Waals surface area contributed by atoms with E-state index >= 15 is 0 Å². The average Bonchev–Trinajstić information content (AvgIpc) is 3.38. The van der Waals surface area contributed by atoms with Crippen LogP contribution in [0.2, 0.25) is 0 Å². The quantitative estimate of drug-likeness (QED) is 0.425. The van der Waals surface area contributed by atoms with Crippen molar-refractivity contribution in [2.24, 2.45) is 9.98 Å². The number of hydrogen-bond acceptors (Lipinski definition) is 8. The molecular weight excluding hydrogens is 564 g/mol. The summed E-state index contributed by atoms with van der Waals surface area (Å²) >= 11 is 1.27. The lowest BCUT2D eigenvalue weighted by molar-refractivity contribution is -0.128. The van der Waals surface area contributed by atoms with Crippen molar-refractivity contribution in [2.75, 3.05) is 43.9 Å². The number of piperazine rings is 1. The summed E-state index contributed by atoms with van der Waals surface area (Å²) in [5, 5.41) is 3.39. The van der Waals surface area contributed by atoms with Gasteiger partial charge in [0, 0.05) is 49.5 Å². The van der Waals surface area contributed by atoms with Gasteiger partial charge in [0.1, 0.15) is 17.6 Å². The zero-order chi connectivity index (χ0) is 29.8. The highest BCUT2D eigenvalue weighted by Gasteiger charge is 2.43. The maximum atomic E-state index is 13.3. The van der Waals surface area contributed by atoms with E-state index in [4.69, 9.17) is 9.73 Å². The van der Waals surface area contributed by atoms with Crippen molar-refractivity contribution in [3.05, 3.63) is 90.0 Å². The minimum atomic E-state index is -0.850. The van der Waals surface area contributed by atoms with Gasteiger partial charge in [0.25, 0.3) is 5.91 Å². The van der Waals surface area contributed by atoms with Crippen molar-refractivity contribution in [2.45, 2.75) is 19.0 Å². The van der Waals surface area contributed by atoms with Crippen LogP contribution in [0.3, 0.4) is 0 Å². The number of fused-ring (bicyclic) bond motifs is 3. The van der Waals surface area contributed by atoms with Crippen LogP contribution < -0.4 is 15.0 Å². The number of nitrogens with one attached hydrogen (secondary N) is 1. The molecule has 6 rings (SSSR count). The highest BCUT2D eigenvalue weighted by molar-refractivity contribution is 8.14. The predicted molar refractivity (Wildman–Crippen MR) is 168 cm³/mol. The zero-order valence-electron chi connectivity index (χ0n) is 23.8. The van der Waals surface area contributed by atoms with E-state index in [0.717, 1.165) is 29.9 Å². The number of ether oxygens (including phenoxy) is 1.